The number of ether oxygens (including phenoxy) is 1. The van der Waals surface area contributed by atoms with Crippen molar-refractivity contribution in [2.45, 2.75) is 0 Å². The van der Waals surface area contributed by atoms with Crippen LogP contribution in [0.25, 0.3) is 0 Å². The number of methoxy groups -OCH3 is 1. The number of hydrogen-bond donors (Lipinski definition) is 3. The molecule has 0 aliphatic carbocycles. The van der Waals surface area contributed by atoms with Gasteiger partial charge in [-0.05, 0) is 18.2 Å². The van der Waals surface area contributed by atoms with Gasteiger partial charge in [0.1, 0.15) is 17.2 Å². The minimum Gasteiger partial charge on any atom is -0.507 e. The maximum Gasteiger partial charge on any atom is 0.125 e. The molecular formula is C11H12N4O2. The van der Waals surface area contributed by atoms with E-state index in [0.717, 1.165) is 0 Å². The number of aromatic nitrogens is 2. The van der Waals surface area contributed by atoms with Crippen molar-refractivity contribution in [3.8, 4) is 11.5 Å². The summed E-state index contributed by atoms with van der Waals surface area (Å²) in [5.74, 6) is 6.04. The standard InChI is InChI=1S/C11H12N4O2/c1-17-8-2-3-10(16)9(4-8)11(15-12)7-5-13-14-6-7/h2-6,16H,12H2,1H3,(H,13,14). The molecule has 0 fully saturated rings. The minimum atomic E-state index is 0.0798. The van der Waals surface area contributed by atoms with Crippen molar-refractivity contribution in [2.75, 3.05) is 7.11 Å². The summed E-state index contributed by atoms with van der Waals surface area (Å²) < 4.78 is 5.09. The molecule has 88 valence electrons. The van der Waals surface area contributed by atoms with Crippen LogP contribution >= 0.6 is 0 Å². The fraction of sp³-hybridized carbons (Fsp3) is 0.0909. The molecule has 17 heavy (non-hydrogen) atoms. The zero-order valence-corrected chi connectivity index (χ0v) is 9.21. The van der Waals surface area contributed by atoms with Crippen molar-refractivity contribution < 1.29 is 9.84 Å². The molecule has 0 amide bonds. The van der Waals surface area contributed by atoms with E-state index < -0.39 is 0 Å². The van der Waals surface area contributed by atoms with Gasteiger partial charge in [0, 0.05) is 17.3 Å². The fourth-order valence-electron chi connectivity index (χ4n) is 1.51. The monoisotopic (exact) mass is 232 g/mol. The summed E-state index contributed by atoms with van der Waals surface area (Å²) in [5.41, 5.74) is 1.62. The third kappa shape index (κ3) is 2.05. The topological polar surface area (TPSA) is 96.5 Å². The van der Waals surface area contributed by atoms with Crippen molar-refractivity contribution >= 4 is 5.71 Å². The van der Waals surface area contributed by atoms with Gasteiger partial charge < -0.3 is 15.7 Å². The van der Waals surface area contributed by atoms with Crippen molar-refractivity contribution in [3.05, 3.63) is 41.7 Å². The van der Waals surface area contributed by atoms with Gasteiger partial charge in [-0.3, -0.25) is 5.10 Å². The van der Waals surface area contributed by atoms with E-state index >= 15 is 0 Å². The molecule has 1 aromatic carbocycles. The van der Waals surface area contributed by atoms with Gasteiger partial charge in [0.05, 0.1) is 13.3 Å². The number of hydrazone groups is 1. The van der Waals surface area contributed by atoms with Crippen LogP contribution < -0.4 is 10.6 Å². The number of hydrogen-bond acceptors (Lipinski definition) is 5. The van der Waals surface area contributed by atoms with Gasteiger partial charge in [0.25, 0.3) is 0 Å². The van der Waals surface area contributed by atoms with Crippen LogP contribution in [-0.2, 0) is 0 Å². The highest BCUT2D eigenvalue weighted by Crippen LogP contribution is 2.25. The number of nitrogens with zero attached hydrogens (tertiary/aromatic N) is 2. The Labute approximate surface area is 97.7 Å². The van der Waals surface area contributed by atoms with Gasteiger partial charge in [-0.2, -0.15) is 10.2 Å². The Morgan fingerprint density at radius 2 is 2.35 bits per heavy atom. The highest BCUT2D eigenvalue weighted by molar-refractivity contribution is 6.14. The molecule has 1 aromatic heterocycles. The summed E-state index contributed by atoms with van der Waals surface area (Å²) in [4.78, 5) is 0. The summed E-state index contributed by atoms with van der Waals surface area (Å²) >= 11 is 0. The predicted molar refractivity (Wildman–Crippen MR) is 63.1 cm³/mol. The molecule has 1 heterocycles. The Balaban J connectivity index is 2.52. The second kappa shape index (κ2) is 4.56. The molecule has 0 spiro atoms. The SMILES string of the molecule is COc1ccc(O)c(C(=NN)c2cn[nH]c2)c1. The predicted octanol–water partition coefficient (Wildman–Crippen LogP) is 0.835. The third-order valence-corrected chi connectivity index (χ3v) is 2.36. The molecule has 6 nitrogen and oxygen atoms in total. The van der Waals surface area contributed by atoms with Crippen molar-refractivity contribution in [2.24, 2.45) is 10.9 Å². The molecule has 0 unspecified atom stereocenters. The first kappa shape index (κ1) is 11.0. The van der Waals surface area contributed by atoms with Crippen LogP contribution in [0.15, 0.2) is 35.7 Å². The van der Waals surface area contributed by atoms with E-state index in [4.69, 9.17) is 10.6 Å². The van der Waals surface area contributed by atoms with Crippen molar-refractivity contribution in [1.29, 1.82) is 0 Å². The van der Waals surface area contributed by atoms with E-state index in [2.05, 4.69) is 15.3 Å². The average Bonchev–Trinajstić information content (AvgIpc) is 2.86. The molecule has 0 atom stereocenters. The maximum absolute atomic E-state index is 9.81. The molecule has 4 N–H and O–H groups in total. The van der Waals surface area contributed by atoms with E-state index in [1.807, 2.05) is 0 Å². The number of benzene rings is 1. The third-order valence-electron chi connectivity index (χ3n) is 2.36. The highest BCUT2D eigenvalue weighted by atomic mass is 16.5. The molecule has 0 radical (unpaired) electrons. The van der Waals surface area contributed by atoms with E-state index in [-0.39, 0.29) is 5.75 Å². The van der Waals surface area contributed by atoms with Gasteiger partial charge in [0.15, 0.2) is 0 Å². The number of nitrogens with two attached hydrogens (primary N) is 1. The Morgan fingerprint density at radius 3 is 2.94 bits per heavy atom. The largest absolute Gasteiger partial charge is 0.507 e. The first-order chi connectivity index (χ1) is 8.26. The van der Waals surface area contributed by atoms with E-state index in [1.165, 1.54) is 6.07 Å². The maximum atomic E-state index is 9.81. The quantitative estimate of drug-likeness (QED) is 0.415. The number of H-pyrrole nitrogens is 1. The summed E-state index contributed by atoms with van der Waals surface area (Å²) in [5, 5.41) is 20.0. The zero-order valence-electron chi connectivity index (χ0n) is 9.21. The second-order valence-electron chi connectivity index (χ2n) is 3.35. The Bertz CT molecular complexity index is 534. The van der Waals surface area contributed by atoms with Crippen LogP contribution in [0.2, 0.25) is 0 Å². The molecule has 0 aliphatic heterocycles. The molecule has 2 aromatic rings. The minimum absolute atomic E-state index is 0.0798. The number of phenols is 1. The Kier molecular flexibility index (Phi) is 2.95. The van der Waals surface area contributed by atoms with Gasteiger partial charge in [-0.1, -0.05) is 0 Å². The zero-order chi connectivity index (χ0) is 12.3. The van der Waals surface area contributed by atoms with Gasteiger partial charge in [-0.25, -0.2) is 0 Å². The van der Waals surface area contributed by atoms with Gasteiger partial charge in [0.2, 0.25) is 0 Å². The summed E-state index contributed by atoms with van der Waals surface area (Å²) in [7, 11) is 1.55. The lowest BCUT2D eigenvalue weighted by atomic mass is 10.0. The summed E-state index contributed by atoms with van der Waals surface area (Å²) in [6.07, 6.45) is 3.22. The number of phenolic OH excluding ortho intramolecular Hbond substituents is 1. The Morgan fingerprint density at radius 1 is 1.53 bits per heavy atom. The van der Waals surface area contributed by atoms with E-state index in [1.54, 1.807) is 31.6 Å². The number of nitrogens with one attached hydrogen (secondary N) is 1. The van der Waals surface area contributed by atoms with Crippen LogP contribution in [0.3, 0.4) is 0 Å². The average molecular weight is 232 g/mol. The Hall–Kier alpha value is -2.50. The van der Waals surface area contributed by atoms with Crippen LogP contribution in [-0.4, -0.2) is 28.1 Å². The van der Waals surface area contributed by atoms with Crippen LogP contribution in [0.1, 0.15) is 11.1 Å². The fourth-order valence-corrected chi connectivity index (χ4v) is 1.51. The first-order valence-electron chi connectivity index (χ1n) is 4.90. The molecule has 0 aliphatic rings. The molecule has 0 bridgehead atoms. The van der Waals surface area contributed by atoms with Crippen LogP contribution in [0, 0.1) is 0 Å². The van der Waals surface area contributed by atoms with Gasteiger partial charge >= 0.3 is 0 Å². The lowest BCUT2D eigenvalue weighted by molar-refractivity contribution is 0.412. The lowest BCUT2D eigenvalue weighted by Crippen LogP contribution is -2.06. The van der Waals surface area contributed by atoms with E-state index in [9.17, 15) is 5.11 Å². The lowest BCUT2D eigenvalue weighted by Gasteiger charge is -2.07. The number of aromatic hydroxyl groups is 1. The molecule has 2 rings (SSSR count). The summed E-state index contributed by atoms with van der Waals surface area (Å²) in [6.45, 7) is 0. The van der Waals surface area contributed by atoms with E-state index in [0.29, 0.717) is 22.6 Å². The summed E-state index contributed by atoms with van der Waals surface area (Å²) in [6, 6.07) is 4.84. The highest BCUT2D eigenvalue weighted by Gasteiger charge is 2.13. The first-order valence-corrected chi connectivity index (χ1v) is 4.90. The molecule has 0 saturated carbocycles. The molecular weight excluding hydrogens is 220 g/mol. The number of aromatic amines is 1. The molecule has 0 saturated heterocycles. The van der Waals surface area contributed by atoms with Gasteiger partial charge in [-0.15, -0.1) is 0 Å². The normalized spacial score (nSPS) is 11.5. The van der Waals surface area contributed by atoms with Crippen LogP contribution in [0.5, 0.6) is 11.5 Å². The van der Waals surface area contributed by atoms with Crippen LogP contribution in [0.4, 0.5) is 0 Å². The smallest absolute Gasteiger partial charge is 0.125 e. The number of rotatable bonds is 3. The second-order valence-corrected chi connectivity index (χ2v) is 3.35. The van der Waals surface area contributed by atoms with Crippen molar-refractivity contribution in [1.82, 2.24) is 10.2 Å². The molecule has 6 heteroatoms. The van der Waals surface area contributed by atoms with Crippen molar-refractivity contribution in [3.63, 3.8) is 0 Å².